The summed E-state index contributed by atoms with van der Waals surface area (Å²) in [6.07, 6.45) is 6.41. The molecule has 5 aromatic carbocycles. The molecule has 1 saturated carbocycles. The third kappa shape index (κ3) is 16.4. The van der Waals surface area contributed by atoms with Crippen LogP contribution in [0.4, 0.5) is 8.78 Å². The Morgan fingerprint density at radius 1 is 0.560 bits per heavy atom. The molecule has 1 unspecified atom stereocenters. The largest absolute Gasteiger partial charge is 0.490 e. The molecule has 2 saturated heterocycles. The standard InChI is InChI=1S/C31H40FNO5.C30H32FNO5/c1-4-29(34)23-5-9-25(10-6-23)37-27-15-22(16-28(18-27)38-26-11-7-24(32)8-12-26)17-30(35)33-14-13-31(36,20-33)19-21(2)3;1-4-28(33)22-5-9-24(10-6-22)36-26-13-21(14-27(16-26)37-25-11-7-23(31)8-12-25)15-29(34)32-18-30(35,19-32)17-20(2)3/h7-8,11-12,15-16,18,21,23,25,36H,4-6,9-10,13-14,17,19-20H2,1-3H3;5-14,16,20,35H,4,15,17-19H2,1-3H3. The minimum absolute atomic E-state index is 0.00912. The van der Waals surface area contributed by atoms with E-state index in [9.17, 15) is 38.2 Å². The number of nitrogens with zero attached hydrogens (tertiary/aromatic N) is 2. The number of rotatable bonds is 20. The van der Waals surface area contributed by atoms with E-state index in [0.717, 1.165) is 31.2 Å². The van der Waals surface area contributed by atoms with Crippen LogP contribution in [0.2, 0.25) is 0 Å². The second-order valence-corrected chi connectivity index (χ2v) is 21.4. The van der Waals surface area contributed by atoms with E-state index >= 15 is 0 Å². The lowest BCUT2D eigenvalue weighted by atomic mass is 9.84. The lowest BCUT2D eigenvalue weighted by Crippen LogP contribution is -2.64. The van der Waals surface area contributed by atoms with E-state index in [-0.39, 0.29) is 54.1 Å². The van der Waals surface area contributed by atoms with E-state index in [1.54, 1.807) is 76.5 Å². The average Bonchev–Trinajstić information content (AvgIpc) is 3.75. The molecule has 3 fully saturated rings. The SMILES string of the molecule is CCC(=O)C1CCC(Oc2cc(CC(=O)N3CCC(O)(CC(C)C)C3)cc(Oc3ccc(F)cc3)c2)CC1.CCC(=O)c1ccc(Oc2cc(CC(=O)N3CC(O)(CC(C)C)C3)cc(Oc3ccc(F)cc3)c2)cc1. The van der Waals surface area contributed by atoms with Crippen molar-refractivity contribution in [1.82, 2.24) is 9.80 Å². The highest BCUT2D eigenvalue weighted by molar-refractivity contribution is 5.95. The first kappa shape index (κ1) is 56.1. The molecule has 0 radical (unpaired) electrons. The highest BCUT2D eigenvalue weighted by Crippen LogP contribution is 2.36. The van der Waals surface area contributed by atoms with E-state index in [4.69, 9.17) is 18.9 Å². The third-order valence-electron chi connectivity index (χ3n) is 13.8. The van der Waals surface area contributed by atoms with E-state index < -0.39 is 11.2 Å². The first-order chi connectivity index (χ1) is 35.7. The molecule has 0 spiro atoms. The van der Waals surface area contributed by atoms with Gasteiger partial charge in [-0.15, -0.1) is 0 Å². The van der Waals surface area contributed by atoms with E-state index in [1.165, 1.54) is 36.4 Å². The molecule has 8 rings (SSSR count). The van der Waals surface area contributed by atoms with Crippen LogP contribution in [-0.2, 0) is 27.2 Å². The van der Waals surface area contributed by atoms with Crippen LogP contribution in [0.25, 0.3) is 0 Å². The van der Waals surface area contributed by atoms with Crippen molar-refractivity contribution in [2.75, 3.05) is 26.2 Å². The van der Waals surface area contributed by atoms with Crippen molar-refractivity contribution < 1.29 is 57.1 Å². The number of ketones is 2. The molecule has 2 heterocycles. The summed E-state index contributed by atoms with van der Waals surface area (Å²) in [6, 6.07) is 29.0. The number of benzene rings is 5. The Hall–Kier alpha value is -6.64. The summed E-state index contributed by atoms with van der Waals surface area (Å²) in [6.45, 7) is 13.5. The summed E-state index contributed by atoms with van der Waals surface area (Å²) < 4.78 is 51.0. The number of carbonyl (C=O) groups excluding carboxylic acids is 4. The normalized spacial score (nSPS) is 18.9. The fourth-order valence-electron chi connectivity index (χ4n) is 10.3. The van der Waals surface area contributed by atoms with E-state index in [0.29, 0.717) is 127 Å². The number of β-amino-alcohol motifs (C(OH)–C–C–N with tert-alkyl or cyclic N) is 2. The van der Waals surface area contributed by atoms with Gasteiger partial charge in [0, 0.05) is 49.5 Å². The Morgan fingerprint density at radius 3 is 1.45 bits per heavy atom. The average molecular weight is 1030 g/mol. The van der Waals surface area contributed by atoms with E-state index in [2.05, 4.69) is 13.8 Å². The zero-order valence-electron chi connectivity index (χ0n) is 44.1. The number of carbonyl (C=O) groups is 4. The number of hydrogen-bond donors (Lipinski definition) is 2. The van der Waals surface area contributed by atoms with Crippen LogP contribution >= 0.6 is 0 Å². The molecule has 5 aromatic rings. The van der Waals surface area contributed by atoms with Gasteiger partial charge in [-0.2, -0.15) is 0 Å². The molecule has 400 valence electrons. The number of amides is 2. The van der Waals surface area contributed by atoms with Crippen molar-refractivity contribution in [1.29, 1.82) is 0 Å². The summed E-state index contributed by atoms with van der Waals surface area (Å²) in [5.41, 5.74) is 0.387. The fourth-order valence-corrected chi connectivity index (χ4v) is 10.3. The van der Waals surface area contributed by atoms with Gasteiger partial charge in [-0.3, -0.25) is 19.2 Å². The Morgan fingerprint density at radius 2 is 0.987 bits per heavy atom. The molecule has 1 atom stereocenters. The van der Waals surface area contributed by atoms with E-state index in [1.807, 2.05) is 33.8 Å². The van der Waals surface area contributed by atoms with Gasteiger partial charge in [-0.1, -0.05) is 41.5 Å². The van der Waals surface area contributed by atoms with Crippen molar-refractivity contribution in [2.24, 2.45) is 17.8 Å². The molecule has 2 N–H and O–H groups in total. The van der Waals surface area contributed by atoms with Gasteiger partial charge in [0.2, 0.25) is 11.8 Å². The topological polar surface area (TPSA) is 152 Å². The van der Waals surface area contributed by atoms with Crippen LogP contribution in [0.3, 0.4) is 0 Å². The maximum atomic E-state index is 13.4. The minimum atomic E-state index is -0.830. The summed E-state index contributed by atoms with van der Waals surface area (Å²) >= 11 is 0. The van der Waals surface area contributed by atoms with Crippen LogP contribution in [-0.4, -0.2) is 86.9 Å². The smallest absolute Gasteiger partial charge is 0.227 e. The van der Waals surface area contributed by atoms with Gasteiger partial charge < -0.3 is 39.0 Å². The molecule has 14 heteroatoms. The molecular weight excluding hydrogens is 959 g/mol. The van der Waals surface area contributed by atoms with Crippen LogP contribution in [0.15, 0.2) is 109 Å². The monoisotopic (exact) mass is 1030 g/mol. The Labute approximate surface area is 440 Å². The molecule has 0 bridgehead atoms. The molecule has 75 heavy (non-hydrogen) atoms. The van der Waals surface area contributed by atoms with Crippen LogP contribution in [0.1, 0.15) is 121 Å². The number of hydrogen-bond acceptors (Lipinski definition) is 10. The summed E-state index contributed by atoms with van der Waals surface area (Å²) in [4.78, 5) is 53.5. The van der Waals surface area contributed by atoms with Crippen LogP contribution in [0, 0.1) is 29.4 Å². The highest BCUT2D eigenvalue weighted by Gasteiger charge is 2.43. The predicted octanol–water partition coefficient (Wildman–Crippen LogP) is 12.3. The molecule has 3 aliphatic rings. The molecule has 12 nitrogen and oxygen atoms in total. The minimum Gasteiger partial charge on any atom is -0.490 e. The van der Waals surface area contributed by atoms with Crippen molar-refractivity contribution in [3.05, 3.63) is 138 Å². The van der Waals surface area contributed by atoms with Crippen molar-refractivity contribution in [2.45, 2.75) is 129 Å². The van der Waals surface area contributed by atoms with Gasteiger partial charge >= 0.3 is 0 Å². The highest BCUT2D eigenvalue weighted by atomic mass is 19.1. The lowest BCUT2D eigenvalue weighted by Gasteiger charge is -2.47. The summed E-state index contributed by atoms with van der Waals surface area (Å²) in [5.74, 6) is 3.79. The summed E-state index contributed by atoms with van der Waals surface area (Å²) in [7, 11) is 0. The first-order valence-electron chi connectivity index (χ1n) is 26.4. The zero-order chi connectivity index (χ0) is 53.9. The Balaban J connectivity index is 0.000000219. The summed E-state index contributed by atoms with van der Waals surface area (Å²) in [5, 5.41) is 21.5. The fraction of sp³-hybridized carbons (Fsp3) is 0.443. The van der Waals surface area contributed by atoms with Crippen LogP contribution in [0.5, 0.6) is 40.2 Å². The second-order valence-electron chi connectivity index (χ2n) is 21.4. The number of aliphatic hydroxyl groups is 2. The van der Waals surface area contributed by atoms with Crippen molar-refractivity contribution in [3.8, 4) is 40.2 Å². The number of halogens is 2. The molecule has 2 amide bonds. The predicted molar refractivity (Wildman–Crippen MR) is 283 cm³/mol. The molecule has 2 aliphatic heterocycles. The van der Waals surface area contributed by atoms with Crippen molar-refractivity contribution in [3.63, 3.8) is 0 Å². The van der Waals surface area contributed by atoms with Crippen LogP contribution < -0.4 is 18.9 Å². The molecular formula is C61H72F2N2O10. The number of ether oxygens (including phenoxy) is 4. The lowest BCUT2D eigenvalue weighted by molar-refractivity contribution is -0.157. The maximum absolute atomic E-state index is 13.4. The number of Topliss-reactive ketones (excluding diaryl/α,β-unsaturated/α-hetero) is 2. The van der Waals surface area contributed by atoms with Gasteiger partial charge in [0.05, 0.1) is 43.2 Å². The zero-order valence-corrected chi connectivity index (χ0v) is 44.1. The first-order valence-corrected chi connectivity index (χ1v) is 26.4. The van der Waals surface area contributed by atoms with Gasteiger partial charge in [0.25, 0.3) is 0 Å². The van der Waals surface area contributed by atoms with Gasteiger partial charge in [0.1, 0.15) is 57.7 Å². The Bertz CT molecular complexity index is 2730. The second kappa shape index (κ2) is 25.3. The van der Waals surface area contributed by atoms with Gasteiger partial charge in [0.15, 0.2) is 5.78 Å². The quantitative estimate of drug-likeness (QED) is 0.0721. The molecule has 1 aliphatic carbocycles. The van der Waals surface area contributed by atoms with Gasteiger partial charge in [-0.25, -0.2) is 8.78 Å². The Kier molecular flexibility index (Phi) is 18.9. The number of likely N-dealkylation sites (tertiary alicyclic amines) is 2. The van der Waals surface area contributed by atoms with Gasteiger partial charge in [-0.05, 0) is 165 Å². The van der Waals surface area contributed by atoms with Crippen molar-refractivity contribution >= 4 is 23.4 Å². The molecule has 0 aromatic heterocycles. The third-order valence-corrected chi connectivity index (χ3v) is 13.8. The maximum Gasteiger partial charge on any atom is 0.227 e.